The fourth-order valence-electron chi connectivity index (χ4n) is 3.50. The number of halogens is 3. The molecule has 0 radical (unpaired) electrons. The molecule has 0 aromatic heterocycles. The Morgan fingerprint density at radius 3 is 2.23 bits per heavy atom. The van der Waals surface area contributed by atoms with Crippen LogP contribution in [-0.2, 0) is 4.79 Å². The fraction of sp³-hybridized carbons (Fsp3) is 0.933. The van der Waals surface area contributed by atoms with Gasteiger partial charge in [0.1, 0.15) is 0 Å². The van der Waals surface area contributed by atoms with Crippen molar-refractivity contribution >= 4 is 5.91 Å². The number of nitrogens with zero attached hydrogens (tertiary/aromatic N) is 2. The van der Waals surface area contributed by atoms with E-state index in [-0.39, 0.29) is 19.0 Å². The molecule has 4 nitrogen and oxygen atoms in total. The molecular weight excluding hydrogens is 295 g/mol. The van der Waals surface area contributed by atoms with Crippen molar-refractivity contribution in [2.45, 2.75) is 50.7 Å². The predicted octanol–water partition coefficient (Wildman–Crippen LogP) is 1.99. The van der Waals surface area contributed by atoms with E-state index in [0.29, 0.717) is 25.4 Å². The van der Waals surface area contributed by atoms with Crippen LogP contribution in [-0.4, -0.2) is 60.6 Å². The highest BCUT2D eigenvalue weighted by molar-refractivity contribution is 5.81. The zero-order valence-corrected chi connectivity index (χ0v) is 12.9. The van der Waals surface area contributed by atoms with Gasteiger partial charge in [0.25, 0.3) is 0 Å². The summed E-state index contributed by atoms with van der Waals surface area (Å²) in [6.45, 7) is 0.312. The molecule has 0 aromatic carbocycles. The first-order valence-corrected chi connectivity index (χ1v) is 8.18. The van der Waals surface area contributed by atoms with Crippen molar-refractivity contribution in [3.8, 4) is 0 Å². The van der Waals surface area contributed by atoms with Crippen LogP contribution in [0.1, 0.15) is 38.5 Å². The molecular formula is C15H26F3N3O. The van der Waals surface area contributed by atoms with Crippen LogP contribution in [0.4, 0.5) is 13.2 Å². The predicted molar refractivity (Wildman–Crippen MR) is 78.2 cm³/mol. The third-order valence-corrected chi connectivity index (χ3v) is 4.72. The number of rotatable bonds is 4. The van der Waals surface area contributed by atoms with Crippen molar-refractivity contribution in [1.29, 1.82) is 0 Å². The van der Waals surface area contributed by atoms with E-state index in [2.05, 4.69) is 0 Å². The molecule has 2 N–H and O–H groups in total. The monoisotopic (exact) mass is 321 g/mol. The Morgan fingerprint density at radius 1 is 1.09 bits per heavy atom. The van der Waals surface area contributed by atoms with Gasteiger partial charge in [0.15, 0.2) is 0 Å². The second kappa shape index (κ2) is 7.64. The van der Waals surface area contributed by atoms with Crippen LogP contribution in [0.2, 0.25) is 0 Å². The summed E-state index contributed by atoms with van der Waals surface area (Å²) < 4.78 is 37.0. The van der Waals surface area contributed by atoms with Crippen LogP contribution in [0.25, 0.3) is 0 Å². The molecule has 1 aliphatic carbocycles. The first-order chi connectivity index (χ1) is 10.3. The highest BCUT2D eigenvalue weighted by Gasteiger charge is 2.33. The molecule has 2 fully saturated rings. The van der Waals surface area contributed by atoms with Crippen LogP contribution in [0.15, 0.2) is 0 Å². The third kappa shape index (κ3) is 5.43. The van der Waals surface area contributed by atoms with E-state index in [0.717, 1.165) is 12.8 Å². The number of carbonyl (C=O) groups is 1. The lowest BCUT2D eigenvalue weighted by Crippen LogP contribution is -2.54. The van der Waals surface area contributed by atoms with Crippen LogP contribution in [0.5, 0.6) is 0 Å². The number of nitrogens with two attached hydrogens (primary N) is 1. The highest BCUT2D eigenvalue weighted by Crippen LogP contribution is 2.27. The van der Waals surface area contributed by atoms with Gasteiger partial charge >= 0.3 is 6.18 Å². The fourth-order valence-corrected chi connectivity index (χ4v) is 3.50. The standard InChI is InChI=1S/C15H26F3N3O/c16-15(17,18)11-20-6-8-21(9-7-20)14(22)13(19)10-12-4-2-1-3-5-12/h12-13H,1-11,19H2. The van der Waals surface area contributed by atoms with Crippen LogP contribution in [0, 0.1) is 5.92 Å². The average Bonchev–Trinajstić information content (AvgIpc) is 2.46. The smallest absolute Gasteiger partial charge is 0.339 e. The maximum absolute atomic E-state index is 12.3. The quantitative estimate of drug-likeness (QED) is 0.861. The van der Waals surface area contributed by atoms with E-state index in [9.17, 15) is 18.0 Å². The Kier molecular flexibility index (Phi) is 6.09. The number of amides is 1. The molecule has 0 spiro atoms. The molecule has 1 amide bonds. The van der Waals surface area contributed by atoms with Gasteiger partial charge in [-0.3, -0.25) is 9.69 Å². The van der Waals surface area contributed by atoms with Crippen LogP contribution in [0.3, 0.4) is 0 Å². The minimum Gasteiger partial charge on any atom is -0.339 e. The molecule has 1 saturated heterocycles. The van der Waals surface area contributed by atoms with E-state index in [1.54, 1.807) is 4.90 Å². The minimum absolute atomic E-state index is 0.0998. The Bertz CT molecular complexity index is 362. The van der Waals surface area contributed by atoms with E-state index in [4.69, 9.17) is 5.73 Å². The van der Waals surface area contributed by atoms with E-state index in [1.807, 2.05) is 0 Å². The van der Waals surface area contributed by atoms with Gasteiger partial charge in [0, 0.05) is 26.2 Å². The Hall–Kier alpha value is -0.820. The summed E-state index contributed by atoms with van der Waals surface area (Å²) in [7, 11) is 0. The summed E-state index contributed by atoms with van der Waals surface area (Å²) in [5.74, 6) is 0.427. The first-order valence-electron chi connectivity index (χ1n) is 8.18. The molecule has 1 unspecified atom stereocenters. The van der Waals surface area contributed by atoms with Gasteiger partial charge in [-0.05, 0) is 12.3 Å². The molecule has 7 heteroatoms. The topological polar surface area (TPSA) is 49.6 Å². The van der Waals surface area contributed by atoms with Gasteiger partial charge in [-0.1, -0.05) is 32.1 Å². The number of carbonyl (C=O) groups excluding carboxylic acids is 1. The SMILES string of the molecule is NC(CC1CCCCC1)C(=O)N1CCN(CC(F)(F)F)CC1. The molecule has 2 rings (SSSR count). The molecule has 22 heavy (non-hydrogen) atoms. The van der Waals surface area contributed by atoms with Crippen molar-refractivity contribution in [2.24, 2.45) is 11.7 Å². The summed E-state index contributed by atoms with van der Waals surface area (Å²) in [4.78, 5) is 15.3. The lowest BCUT2D eigenvalue weighted by molar-refractivity contribution is -0.152. The lowest BCUT2D eigenvalue weighted by atomic mass is 9.84. The summed E-state index contributed by atoms with van der Waals surface area (Å²) in [5, 5.41) is 0. The molecule has 2 aliphatic rings. The van der Waals surface area contributed by atoms with Gasteiger partial charge in [0.2, 0.25) is 5.91 Å². The number of alkyl halides is 3. The molecule has 1 aliphatic heterocycles. The summed E-state index contributed by atoms with van der Waals surface area (Å²) in [6.07, 6.45) is 2.50. The third-order valence-electron chi connectivity index (χ3n) is 4.72. The van der Waals surface area contributed by atoms with Gasteiger partial charge in [0.05, 0.1) is 12.6 Å². The van der Waals surface area contributed by atoms with Gasteiger partial charge < -0.3 is 10.6 Å². The van der Waals surface area contributed by atoms with Crippen LogP contribution < -0.4 is 5.73 Å². The minimum atomic E-state index is -4.18. The van der Waals surface area contributed by atoms with Gasteiger partial charge in [-0.15, -0.1) is 0 Å². The Labute approximate surface area is 129 Å². The number of piperazine rings is 1. The lowest BCUT2D eigenvalue weighted by Gasteiger charge is -2.36. The zero-order valence-electron chi connectivity index (χ0n) is 12.9. The van der Waals surface area contributed by atoms with Gasteiger partial charge in [-0.25, -0.2) is 0 Å². The molecule has 1 heterocycles. The van der Waals surface area contributed by atoms with Crippen molar-refractivity contribution in [1.82, 2.24) is 9.80 Å². The van der Waals surface area contributed by atoms with Crippen molar-refractivity contribution < 1.29 is 18.0 Å². The number of hydrogen-bond donors (Lipinski definition) is 1. The summed E-state index contributed by atoms with van der Waals surface area (Å²) in [6, 6.07) is -0.503. The number of hydrogen-bond acceptors (Lipinski definition) is 3. The van der Waals surface area contributed by atoms with Gasteiger partial charge in [-0.2, -0.15) is 13.2 Å². The van der Waals surface area contributed by atoms with E-state index >= 15 is 0 Å². The van der Waals surface area contributed by atoms with Crippen molar-refractivity contribution in [2.75, 3.05) is 32.7 Å². The molecule has 128 valence electrons. The second-order valence-electron chi connectivity index (χ2n) is 6.56. The maximum Gasteiger partial charge on any atom is 0.401 e. The van der Waals surface area contributed by atoms with E-state index < -0.39 is 18.8 Å². The summed E-state index contributed by atoms with van der Waals surface area (Å²) in [5.41, 5.74) is 6.03. The molecule has 0 aromatic rings. The Balaban J connectivity index is 1.74. The normalized spacial score (nSPS) is 23.5. The highest BCUT2D eigenvalue weighted by atomic mass is 19.4. The molecule has 0 bridgehead atoms. The van der Waals surface area contributed by atoms with E-state index in [1.165, 1.54) is 24.2 Å². The van der Waals surface area contributed by atoms with Crippen molar-refractivity contribution in [3.05, 3.63) is 0 Å². The molecule has 1 saturated carbocycles. The second-order valence-corrected chi connectivity index (χ2v) is 6.56. The first kappa shape index (κ1) is 17.5. The summed E-state index contributed by atoms with van der Waals surface area (Å²) >= 11 is 0. The maximum atomic E-state index is 12.3. The zero-order chi connectivity index (χ0) is 16.2. The largest absolute Gasteiger partial charge is 0.401 e. The average molecular weight is 321 g/mol. The van der Waals surface area contributed by atoms with Crippen LogP contribution >= 0.6 is 0 Å². The van der Waals surface area contributed by atoms with Crippen molar-refractivity contribution in [3.63, 3.8) is 0 Å². The Morgan fingerprint density at radius 2 is 1.68 bits per heavy atom. The molecule has 1 atom stereocenters.